The minimum Gasteiger partial charge on any atom is -0.497 e. The fourth-order valence-corrected chi connectivity index (χ4v) is 3.17. The third kappa shape index (κ3) is 5.67. The van der Waals surface area contributed by atoms with Gasteiger partial charge >= 0.3 is 0 Å². The molecule has 1 heterocycles. The van der Waals surface area contributed by atoms with E-state index in [2.05, 4.69) is 22.3 Å². The summed E-state index contributed by atoms with van der Waals surface area (Å²) in [5, 5.41) is 3.04. The van der Waals surface area contributed by atoms with Crippen molar-refractivity contribution in [2.45, 2.75) is 6.04 Å². The molecular formula is C22H26N2O3. The molecule has 1 aliphatic heterocycles. The molecule has 1 amide bonds. The third-order valence-corrected chi connectivity index (χ3v) is 4.68. The maximum Gasteiger partial charge on any atom is 0.244 e. The highest BCUT2D eigenvalue weighted by Gasteiger charge is 2.23. The molecule has 0 radical (unpaired) electrons. The summed E-state index contributed by atoms with van der Waals surface area (Å²) in [7, 11) is 1.66. The highest BCUT2D eigenvalue weighted by Crippen LogP contribution is 2.23. The van der Waals surface area contributed by atoms with Gasteiger partial charge in [0.25, 0.3) is 0 Å². The summed E-state index contributed by atoms with van der Waals surface area (Å²) < 4.78 is 10.7. The zero-order chi connectivity index (χ0) is 18.9. The summed E-state index contributed by atoms with van der Waals surface area (Å²) >= 11 is 0. The third-order valence-electron chi connectivity index (χ3n) is 4.68. The van der Waals surface area contributed by atoms with Crippen LogP contribution in [0.3, 0.4) is 0 Å². The van der Waals surface area contributed by atoms with Crippen LogP contribution in [0.25, 0.3) is 6.08 Å². The van der Waals surface area contributed by atoms with Crippen LogP contribution in [0.5, 0.6) is 5.75 Å². The van der Waals surface area contributed by atoms with Crippen molar-refractivity contribution in [3.05, 3.63) is 71.8 Å². The van der Waals surface area contributed by atoms with E-state index in [-0.39, 0.29) is 11.9 Å². The number of carbonyl (C=O) groups excluding carboxylic acids is 1. The average molecular weight is 366 g/mol. The van der Waals surface area contributed by atoms with Gasteiger partial charge in [0.2, 0.25) is 5.91 Å². The zero-order valence-electron chi connectivity index (χ0n) is 15.6. The Balaban J connectivity index is 1.65. The van der Waals surface area contributed by atoms with Gasteiger partial charge in [0.05, 0.1) is 26.4 Å². The predicted octanol–water partition coefficient (Wildman–Crippen LogP) is 2.90. The summed E-state index contributed by atoms with van der Waals surface area (Å²) in [6.45, 7) is 3.69. The van der Waals surface area contributed by atoms with E-state index in [1.807, 2.05) is 48.5 Å². The van der Waals surface area contributed by atoms with E-state index in [4.69, 9.17) is 9.47 Å². The first kappa shape index (κ1) is 19.1. The van der Waals surface area contributed by atoms with Crippen molar-refractivity contribution in [3.8, 4) is 5.75 Å². The van der Waals surface area contributed by atoms with E-state index in [0.29, 0.717) is 19.8 Å². The molecule has 3 rings (SSSR count). The predicted molar refractivity (Wildman–Crippen MR) is 107 cm³/mol. The smallest absolute Gasteiger partial charge is 0.244 e. The Morgan fingerprint density at radius 1 is 1.15 bits per heavy atom. The Morgan fingerprint density at radius 3 is 2.52 bits per heavy atom. The van der Waals surface area contributed by atoms with E-state index in [1.54, 1.807) is 13.2 Å². The van der Waals surface area contributed by atoms with Crippen molar-refractivity contribution in [1.82, 2.24) is 10.2 Å². The monoisotopic (exact) mass is 366 g/mol. The van der Waals surface area contributed by atoms with Crippen LogP contribution >= 0.6 is 0 Å². The maximum absolute atomic E-state index is 12.3. The first-order chi connectivity index (χ1) is 13.3. The van der Waals surface area contributed by atoms with Gasteiger partial charge in [0.1, 0.15) is 5.75 Å². The van der Waals surface area contributed by atoms with Gasteiger partial charge in [0, 0.05) is 25.7 Å². The fourth-order valence-electron chi connectivity index (χ4n) is 3.17. The van der Waals surface area contributed by atoms with Gasteiger partial charge in [-0.25, -0.2) is 0 Å². The first-order valence-corrected chi connectivity index (χ1v) is 9.23. The van der Waals surface area contributed by atoms with Gasteiger partial charge in [0.15, 0.2) is 0 Å². The number of hydrogen-bond acceptors (Lipinski definition) is 4. The van der Waals surface area contributed by atoms with E-state index in [0.717, 1.165) is 30.0 Å². The van der Waals surface area contributed by atoms with Crippen molar-refractivity contribution >= 4 is 12.0 Å². The van der Waals surface area contributed by atoms with Crippen molar-refractivity contribution in [2.24, 2.45) is 0 Å². The van der Waals surface area contributed by atoms with Crippen LogP contribution in [0.15, 0.2) is 60.7 Å². The van der Waals surface area contributed by atoms with Gasteiger partial charge in [-0.3, -0.25) is 9.69 Å². The molecular weight excluding hydrogens is 340 g/mol. The van der Waals surface area contributed by atoms with Gasteiger partial charge in [-0.15, -0.1) is 0 Å². The molecule has 0 aliphatic carbocycles. The topological polar surface area (TPSA) is 50.8 Å². The molecule has 0 saturated carbocycles. The Labute approximate surface area is 160 Å². The van der Waals surface area contributed by atoms with Crippen LogP contribution < -0.4 is 10.1 Å². The molecule has 1 fully saturated rings. The zero-order valence-corrected chi connectivity index (χ0v) is 15.6. The number of nitrogens with zero attached hydrogens (tertiary/aromatic N) is 1. The van der Waals surface area contributed by atoms with Crippen molar-refractivity contribution in [1.29, 1.82) is 0 Å². The molecule has 2 aromatic rings. The largest absolute Gasteiger partial charge is 0.497 e. The number of methoxy groups -OCH3 is 1. The highest BCUT2D eigenvalue weighted by atomic mass is 16.5. The lowest BCUT2D eigenvalue weighted by Gasteiger charge is -2.34. The summed E-state index contributed by atoms with van der Waals surface area (Å²) in [5.41, 5.74) is 2.16. The molecule has 1 N–H and O–H groups in total. The van der Waals surface area contributed by atoms with E-state index in [1.165, 1.54) is 0 Å². The lowest BCUT2D eigenvalue weighted by Crippen LogP contribution is -2.43. The molecule has 1 unspecified atom stereocenters. The number of carbonyl (C=O) groups is 1. The molecule has 0 spiro atoms. The molecule has 2 aromatic carbocycles. The fraction of sp³-hybridized carbons (Fsp3) is 0.318. The van der Waals surface area contributed by atoms with Crippen molar-refractivity contribution < 1.29 is 14.3 Å². The number of rotatable bonds is 7. The van der Waals surface area contributed by atoms with Crippen LogP contribution in [0.2, 0.25) is 0 Å². The second-order valence-corrected chi connectivity index (χ2v) is 6.43. The molecule has 1 saturated heterocycles. The van der Waals surface area contributed by atoms with E-state index < -0.39 is 0 Å². The van der Waals surface area contributed by atoms with Crippen LogP contribution in [0.1, 0.15) is 17.2 Å². The second-order valence-electron chi connectivity index (χ2n) is 6.43. The lowest BCUT2D eigenvalue weighted by molar-refractivity contribution is -0.116. The summed E-state index contributed by atoms with van der Waals surface area (Å²) in [5.74, 6) is 0.736. The lowest BCUT2D eigenvalue weighted by atomic mass is 10.0. The molecule has 142 valence electrons. The Hall–Kier alpha value is -2.63. The molecule has 1 aliphatic rings. The standard InChI is InChI=1S/C22H26N2O3/c1-26-20-10-8-19(9-11-20)21(24-13-15-27-16-14-24)17-23-22(25)12-7-18-5-3-2-4-6-18/h2-12,21H,13-17H2,1H3,(H,23,25)/b12-7+. The van der Waals surface area contributed by atoms with E-state index >= 15 is 0 Å². The Morgan fingerprint density at radius 2 is 1.85 bits per heavy atom. The first-order valence-electron chi connectivity index (χ1n) is 9.23. The number of benzene rings is 2. The van der Waals surface area contributed by atoms with Gasteiger partial charge < -0.3 is 14.8 Å². The number of amides is 1. The van der Waals surface area contributed by atoms with Crippen LogP contribution in [0.4, 0.5) is 0 Å². The number of morpholine rings is 1. The normalized spacial score (nSPS) is 16.2. The van der Waals surface area contributed by atoms with E-state index in [9.17, 15) is 4.79 Å². The highest BCUT2D eigenvalue weighted by molar-refractivity contribution is 5.91. The van der Waals surface area contributed by atoms with Gasteiger partial charge in [-0.05, 0) is 29.3 Å². The second kappa shape index (κ2) is 9.90. The van der Waals surface area contributed by atoms with Gasteiger partial charge in [-0.2, -0.15) is 0 Å². The Kier molecular flexibility index (Phi) is 7.02. The molecule has 27 heavy (non-hydrogen) atoms. The van der Waals surface area contributed by atoms with Crippen molar-refractivity contribution in [3.63, 3.8) is 0 Å². The molecule has 5 heteroatoms. The average Bonchev–Trinajstić information content (AvgIpc) is 2.74. The van der Waals surface area contributed by atoms with Gasteiger partial charge in [-0.1, -0.05) is 42.5 Å². The molecule has 0 bridgehead atoms. The summed E-state index contributed by atoms with van der Waals surface area (Å²) in [4.78, 5) is 14.6. The molecule has 1 atom stereocenters. The quantitative estimate of drug-likeness (QED) is 0.766. The van der Waals surface area contributed by atoms with Crippen LogP contribution in [-0.2, 0) is 9.53 Å². The molecule has 5 nitrogen and oxygen atoms in total. The molecule has 0 aromatic heterocycles. The number of ether oxygens (including phenoxy) is 2. The van der Waals surface area contributed by atoms with Crippen LogP contribution in [0, 0.1) is 0 Å². The number of nitrogens with one attached hydrogen (secondary N) is 1. The number of hydrogen-bond donors (Lipinski definition) is 1. The maximum atomic E-state index is 12.3. The van der Waals surface area contributed by atoms with Crippen LogP contribution in [-0.4, -0.2) is 50.8 Å². The minimum atomic E-state index is -0.0920. The summed E-state index contributed by atoms with van der Waals surface area (Å²) in [6, 6.07) is 17.9. The van der Waals surface area contributed by atoms with Crippen molar-refractivity contribution in [2.75, 3.05) is 40.0 Å². The SMILES string of the molecule is COc1ccc(C(CNC(=O)/C=C/c2ccccc2)N2CCOCC2)cc1. The minimum absolute atomic E-state index is 0.0920. The summed E-state index contributed by atoms with van der Waals surface area (Å²) in [6.07, 6.45) is 3.41. The Bertz CT molecular complexity index is 738.